The van der Waals surface area contributed by atoms with Crippen LogP contribution in [0.25, 0.3) is 0 Å². The van der Waals surface area contributed by atoms with E-state index in [4.69, 9.17) is 0 Å². The van der Waals surface area contributed by atoms with Gasteiger partial charge in [0.25, 0.3) is 0 Å². The fraction of sp³-hybridized carbons (Fsp3) is 0.750. The highest BCUT2D eigenvalue weighted by molar-refractivity contribution is 7.84. The first-order valence-corrected chi connectivity index (χ1v) is 7.85. The Morgan fingerprint density at radius 1 is 1.59 bits per heavy atom. The van der Waals surface area contributed by atoms with Gasteiger partial charge in [0.15, 0.2) is 0 Å². The Labute approximate surface area is 105 Å². The molecule has 1 N–H and O–H groups in total. The van der Waals surface area contributed by atoms with Gasteiger partial charge in [-0.15, -0.1) is 0 Å². The first kappa shape index (κ1) is 12.8. The van der Waals surface area contributed by atoms with Crippen LogP contribution < -0.4 is 5.32 Å². The minimum atomic E-state index is -0.770. The average molecular weight is 255 g/mol. The summed E-state index contributed by atoms with van der Waals surface area (Å²) in [4.78, 5) is 4.68. The molecular formula is C12H21N3OS. The number of hydrogen-bond acceptors (Lipinski definition) is 3. The number of aromatic nitrogens is 2. The topological polar surface area (TPSA) is 46.9 Å². The van der Waals surface area contributed by atoms with E-state index < -0.39 is 10.8 Å². The fourth-order valence-corrected chi connectivity index (χ4v) is 2.63. The summed E-state index contributed by atoms with van der Waals surface area (Å²) in [6.45, 7) is 6.90. The minimum absolute atomic E-state index is 0.188. The predicted octanol–water partition coefficient (Wildman–Crippen LogP) is 0.858. The van der Waals surface area contributed by atoms with Crippen LogP contribution in [-0.4, -0.2) is 31.8 Å². The van der Waals surface area contributed by atoms with Crippen molar-refractivity contribution in [1.82, 2.24) is 14.9 Å². The van der Waals surface area contributed by atoms with E-state index in [9.17, 15) is 4.21 Å². The summed E-state index contributed by atoms with van der Waals surface area (Å²) >= 11 is 0. The van der Waals surface area contributed by atoms with Crippen LogP contribution in [0, 0.1) is 0 Å². The van der Waals surface area contributed by atoms with Crippen LogP contribution in [0.4, 0.5) is 0 Å². The molecule has 1 aliphatic rings. The third kappa shape index (κ3) is 2.60. The van der Waals surface area contributed by atoms with Gasteiger partial charge in [-0.1, -0.05) is 6.92 Å². The zero-order valence-corrected chi connectivity index (χ0v) is 11.6. The van der Waals surface area contributed by atoms with Crippen molar-refractivity contribution in [2.45, 2.75) is 45.0 Å². The minimum Gasteiger partial charge on any atom is -0.330 e. The Bertz CT molecular complexity index is 428. The molecule has 2 atom stereocenters. The summed E-state index contributed by atoms with van der Waals surface area (Å²) in [5.41, 5.74) is 2.53. The summed E-state index contributed by atoms with van der Waals surface area (Å²) in [7, 11) is -0.770. The fourth-order valence-electron chi connectivity index (χ4n) is 2.27. The lowest BCUT2D eigenvalue weighted by Crippen LogP contribution is -2.27. The number of fused-ring (bicyclic) bond motifs is 1. The Kier molecular flexibility index (Phi) is 3.99. The van der Waals surface area contributed by atoms with Crippen LogP contribution in [0.1, 0.15) is 31.1 Å². The van der Waals surface area contributed by atoms with E-state index in [-0.39, 0.29) is 5.25 Å². The molecule has 2 unspecified atom stereocenters. The molecule has 0 aromatic carbocycles. The van der Waals surface area contributed by atoms with Gasteiger partial charge in [0, 0.05) is 60.5 Å². The Morgan fingerprint density at radius 3 is 3.00 bits per heavy atom. The molecule has 96 valence electrons. The van der Waals surface area contributed by atoms with Crippen LogP contribution in [0.15, 0.2) is 0 Å². The number of aryl methyl sites for hydroxylation is 1. The quantitative estimate of drug-likeness (QED) is 0.868. The molecule has 0 spiro atoms. The van der Waals surface area contributed by atoms with Gasteiger partial charge in [-0.3, -0.25) is 4.21 Å². The third-order valence-electron chi connectivity index (χ3n) is 3.39. The summed E-state index contributed by atoms with van der Waals surface area (Å²) in [6.07, 6.45) is 3.75. The second-order valence-electron chi connectivity index (χ2n) is 4.62. The zero-order valence-electron chi connectivity index (χ0n) is 10.8. The van der Waals surface area contributed by atoms with Crippen molar-refractivity contribution in [1.29, 1.82) is 0 Å². The second-order valence-corrected chi connectivity index (χ2v) is 6.42. The van der Waals surface area contributed by atoms with Crippen molar-refractivity contribution in [3.05, 3.63) is 17.2 Å². The monoisotopic (exact) mass is 255 g/mol. The van der Waals surface area contributed by atoms with Gasteiger partial charge < -0.3 is 9.88 Å². The molecule has 0 radical (unpaired) electrons. The lowest BCUT2D eigenvalue weighted by atomic mass is 10.2. The highest BCUT2D eigenvalue weighted by Crippen LogP contribution is 2.18. The molecule has 0 saturated carbocycles. The molecule has 0 aliphatic carbocycles. The molecule has 1 aromatic heterocycles. The standard InChI is InChI=1S/C12H21N3OS/c1-4-12-14-10-7-13-6-5-11(10)15(12)8-9(2)17(3)16/h9,13H,4-8H2,1-3H3. The van der Waals surface area contributed by atoms with E-state index in [1.807, 2.05) is 6.92 Å². The van der Waals surface area contributed by atoms with Crippen molar-refractivity contribution in [2.75, 3.05) is 12.8 Å². The highest BCUT2D eigenvalue weighted by Gasteiger charge is 2.20. The third-order valence-corrected chi connectivity index (χ3v) is 4.67. The number of nitrogens with one attached hydrogen (secondary N) is 1. The number of nitrogens with zero attached hydrogens (tertiary/aromatic N) is 2. The van der Waals surface area contributed by atoms with Crippen molar-refractivity contribution in [3.63, 3.8) is 0 Å². The maximum absolute atomic E-state index is 11.5. The van der Waals surface area contributed by atoms with E-state index in [0.717, 1.165) is 38.3 Å². The molecule has 0 amide bonds. The van der Waals surface area contributed by atoms with E-state index >= 15 is 0 Å². The summed E-state index contributed by atoms with van der Waals surface area (Å²) in [5.74, 6) is 1.14. The van der Waals surface area contributed by atoms with E-state index in [1.165, 1.54) is 11.4 Å². The van der Waals surface area contributed by atoms with Gasteiger partial charge in [-0.2, -0.15) is 0 Å². The molecule has 0 fully saturated rings. The normalized spacial score (nSPS) is 18.8. The van der Waals surface area contributed by atoms with E-state index in [1.54, 1.807) is 6.26 Å². The van der Waals surface area contributed by atoms with Crippen molar-refractivity contribution >= 4 is 10.8 Å². The molecule has 2 rings (SSSR count). The SMILES string of the molecule is CCc1nc2c(n1CC(C)S(C)=O)CCNC2. The largest absolute Gasteiger partial charge is 0.330 e. The Hall–Kier alpha value is -0.680. The van der Waals surface area contributed by atoms with Gasteiger partial charge in [0.05, 0.1) is 5.69 Å². The van der Waals surface area contributed by atoms with Crippen LogP contribution in [-0.2, 0) is 36.7 Å². The molecule has 17 heavy (non-hydrogen) atoms. The Balaban J connectivity index is 2.30. The summed E-state index contributed by atoms with van der Waals surface area (Å²) in [6, 6.07) is 0. The van der Waals surface area contributed by atoms with Gasteiger partial charge in [-0.05, 0) is 6.92 Å². The second kappa shape index (κ2) is 5.31. The zero-order chi connectivity index (χ0) is 12.4. The van der Waals surface area contributed by atoms with Crippen molar-refractivity contribution in [2.24, 2.45) is 0 Å². The van der Waals surface area contributed by atoms with Crippen LogP contribution >= 0.6 is 0 Å². The first-order chi connectivity index (χ1) is 8.13. The van der Waals surface area contributed by atoms with E-state index in [0.29, 0.717) is 0 Å². The number of imidazole rings is 1. The average Bonchev–Trinajstić information content (AvgIpc) is 2.67. The maximum Gasteiger partial charge on any atom is 0.109 e. The maximum atomic E-state index is 11.5. The summed E-state index contributed by atoms with van der Waals surface area (Å²) < 4.78 is 13.8. The van der Waals surface area contributed by atoms with Gasteiger partial charge in [-0.25, -0.2) is 4.98 Å². The number of rotatable bonds is 4. The van der Waals surface area contributed by atoms with Gasteiger partial charge in [0.2, 0.25) is 0 Å². The van der Waals surface area contributed by atoms with Gasteiger partial charge in [0.1, 0.15) is 5.82 Å². The molecule has 0 bridgehead atoms. The lowest BCUT2D eigenvalue weighted by molar-refractivity contribution is 0.570. The summed E-state index contributed by atoms with van der Waals surface area (Å²) in [5, 5.41) is 3.53. The van der Waals surface area contributed by atoms with E-state index in [2.05, 4.69) is 21.8 Å². The van der Waals surface area contributed by atoms with Crippen LogP contribution in [0.3, 0.4) is 0 Å². The van der Waals surface area contributed by atoms with Crippen molar-refractivity contribution in [3.8, 4) is 0 Å². The Morgan fingerprint density at radius 2 is 2.35 bits per heavy atom. The molecule has 0 saturated heterocycles. The number of hydrogen-bond donors (Lipinski definition) is 1. The molecule has 1 aliphatic heterocycles. The first-order valence-electron chi connectivity index (χ1n) is 6.23. The molecule has 2 heterocycles. The highest BCUT2D eigenvalue weighted by atomic mass is 32.2. The van der Waals surface area contributed by atoms with Crippen molar-refractivity contribution < 1.29 is 4.21 Å². The van der Waals surface area contributed by atoms with Crippen LogP contribution in [0.2, 0.25) is 0 Å². The predicted molar refractivity (Wildman–Crippen MR) is 70.5 cm³/mol. The molecule has 4 nitrogen and oxygen atoms in total. The van der Waals surface area contributed by atoms with Crippen LogP contribution in [0.5, 0.6) is 0 Å². The molecular weight excluding hydrogens is 234 g/mol. The smallest absolute Gasteiger partial charge is 0.109 e. The lowest BCUT2D eigenvalue weighted by Gasteiger charge is -2.18. The molecule has 1 aromatic rings. The van der Waals surface area contributed by atoms with Gasteiger partial charge >= 0.3 is 0 Å². The molecule has 5 heteroatoms.